The number of hydrogen-bond donors (Lipinski definition) is 1. The lowest BCUT2D eigenvalue weighted by molar-refractivity contribution is -0.123. The molecule has 0 aromatic carbocycles. The highest BCUT2D eigenvalue weighted by molar-refractivity contribution is 7.09. The lowest BCUT2D eigenvalue weighted by Gasteiger charge is -2.35. The molecule has 3 fully saturated rings. The van der Waals surface area contributed by atoms with Crippen molar-refractivity contribution in [3.05, 3.63) is 22.4 Å². The predicted molar refractivity (Wildman–Crippen MR) is 91.3 cm³/mol. The number of carbonyl (C=O) groups is 1. The van der Waals surface area contributed by atoms with Crippen molar-refractivity contribution in [3.63, 3.8) is 0 Å². The summed E-state index contributed by atoms with van der Waals surface area (Å²) in [6.45, 7) is 5.14. The van der Waals surface area contributed by atoms with Crippen molar-refractivity contribution in [1.82, 2.24) is 10.2 Å². The van der Waals surface area contributed by atoms with Crippen LogP contribution < -0.4 is 5.32 Å². The van der Waals surface area contributed by atoms with Gasteiger partial charge in [0.05, 0.1) is 25.7 Å². The predicted octanol–water partition coefficient (Wildman–Crippen LogP) is 2.50. The van der Waals surface area contributed by atoms with Gasteiger partial charge in [-0.1, -0.05) is 6.07 Å². The summed E-state index contributed by atoms with van der Waals surface area (Å²) in [6.07, 6.45) is 4.70. The van der Waals surface area contributed by atoms with Crippen molar-refractivity contribution >= 4 is 17.2 Å². The van der Waals surface area contributed by atoms with Crippen LogP contribution in [0.25, 0.3) is 0 Å². The van der Waals surface area contributed by atoms with E-state index in [1.54, 1.807) is 11.3 Å². The van der Waals surface area contributed by atoms with Crippen LogP contribution in [0.5, 0.6) is 0 Å². The van der Waals surface area contributed by atoms with E-state index in [1.165, 1.54) is 43.8 Å². The van der Waals surface area contributed by atoms with Gasteiger partial charge >= 0.3 is 0 Å². The van der Waals surface area contributed by atoms with Gasteiger partial charge in [0.2, 0.25) is 5.91 Å². The molecule has 2 saturated heterocycles. The zero-order valence-corrected chi connectivity index (χ0v) is 14.4. The third-order valence-electron chi connectivity index (χ3n) is 5.52. The third kappa shape index (κ3) is 3.95. The second-order valence-corrected chi connectivity index (χ2v) is 8.38. The number of piperidine rings is 1. The molecule has 0 radical (unpaired) electrons. The van der Waals surface area contributed by atoms with Crippen LogP contribution in [0.3, 0.4) is 0 Å². The number of likely N-dealkylation sites (tertiary alicyclic amines) is 1. The molecule has 1 aromatic heterocycles. The first-order valence-corrected chi connectivity index (χ1v) is 9.79. The summed E-state index contributed by atoms with van der Waals surface area (Å²) in [4.78, 5) is 16.0. The Bertz CT molecular complexity index is 529. The largest absolute Gasteiger partial charge is 0.377 e. The standard InChI is InChI=1S/C18H26N2O2S/c21-18(19-9-15-2-1-7-23-15)8-17-16-5-6-20(10-13-3-4-13)11-14(16)12-22-17/h1-2,7,13-14,16-17H,3-6,8-12H2,(H,19,21)/t14-,16-,17-/m0/s1. The topological polar surface area (TPSA) is 41.6 Å². The first-order valence-electron chi connectivity index (χ1n) is 8.91. The number of rotatable bonds is 6. The minimum absolute atomic E-state index is 0.129. The summed E-state index contributed by atoms with van der Waals surface area (Å²) in [5, 5.41) is 5.07. The number of nitrogens with zero attached hydrogens (tertiary/aromatic N) is 1. The average molecular weight is 334 g/mol. The Morgan fingerprint density at radius 3 is 3.09 bits per heavy atom. The molecule has 3 atom stereocenters. The molecule has 0 bridgehead atoms. The third-order valence-corrected chi connectivity index (χ3v) is 6.39. The molecule has 2 aliphatic heterocycles. The number of fused-ring (bicyclic) bond motifs is 1. The first kappa shape index (κ1) is 15.6. The minimum Gasteiger partial charge on any atom is -0.377 e. The molecule has 1 amide bonds. The molecule has 1 N–H and O–H groups in total. The molecular formula is C18H26N2O2S. The van der Waals surface area contributed by atoms with Gasteiger partial charge < -0.3 is 15.0 Å². The zero-order valence-electron chi connectivity index (χ0n) is 13.6. The normalized spacial score (nSPS) is 31.0. The maximum absolute atomic E-state index is 12.2. The summed E-state index contributed by atoms with van der Waals surface area (Å²) in [5.74, 6) is 2.31. The van der Waals surface area contributed by atoms with E-state index < -0.39 is 0 Å². The van der Waals surface area contributed by atoms with Gasteiger partial charge in [-0.15, -0.1) is 11.3 Å². The van der Waals surface area contributed by atoms with Gasteiger partial charge in [-0.05, 0) is 49.1 Å². The fourth-order valence-electron chi connectivity index (χ4n) is 4.06. The number of ether oxygens (including phenoxy) is 1. The second kappa shape index (κ2) is 6.91. The van der Waals surface area contributed by atoms with Crippen LogP contribution in [0, 0.1) is 17.8 Å². The van der Waals surface area contributed by atoms with Crippen LogP contribution in [-0.4, -0.2) is 43.2 Å². The van der Waals surface area contributed by atoms with E-state index in [4.69, 9.17) is 4.74 Å². The molecular weight excluding hydrogens is 308 g/mol. The van der Waals surface area contributed by atoms with Gasteiger partial charge in [0.15, 0.2) is 0 Å². The Labute approximate surface area is 142 Å². The molecule has 0 spiro atoms. The molecule has 1 aromatic rings. The molecule has 126 valence electrons. The minimum atomic E-state index is 0.129. The van der Waals surface area contributed by atoms with Gasteiger partial charge in [0.1, 0.15) is 0 Å². The molecule has 1 saturated carbocycles. The highest BCUT2D eigenvalue weighted by Gasteiger charge is 2.42. The number of carbonyl (C=O) groups excluding carboxylic acids is 1. The van der Waals surface area contributed by atoms with E-state index in [2.05, 4.69) is 16.3 Å². The maximum Gasteiger partial charge on any atom is 0.222 e. The van der Waals surface area contributed by atoms with Gasteiger partial charge in [-0.3, -0.25) is 4.79 Å². The van der Waals surface area contributed by atoms with Gasteiger partial charge in [-0.25, -0.2) is 0 Å². The molecule has 1 aliphatic carbocycles. The highest BCUT2D eigenvalue weighted by Crippen LogP contribution is 2.38. The second-order valence-electron chi connectivity index (χ2n) is 7.35. The Kier molecular flexibility index (Phi) is 4.69. The highest BCUT2D eigenvalue weighted by atomic mass is 32.1. The summed E-state index contributed by atoms with van der Waals surface area (Å²) < 4.78 is 5.99. The van der Waals surface area contributed by atoms with Gasteiger partial charge in [0, 0.05) is 23.9 Å². The average Bonchev–Trinajstić information content (AvgIpc) is 3.07. The molecule has 4 rings (SSSR count). The van der Waals surface area contributed by atoms with Crippen molar-refractivity contribution in [2.75, 3.05) is 26.2 Å². The van der Waals surface area contributed by atoms with E-state index in [1.807, 2.05) is 11.4 Å². The van der Waals surface area contributed by atoms with Crippen LogP contribution in [0.15, 0.2) is 17.5 Å². The Morgan fingerprint density at radius 1 is 1.39 bits per heavy atom. The van der Waals surface area contributed by atoms with E-state index in [-0.39, 0.29) is 12.0 Å². The molecule has 3 heterocycles. The van der Waals surface area contributed by atoms with E-state index in [0.717, 1.165) is 12.5 Å². The van der Waals surface area contributed by atoms with Crippen LogP contribution in [0.2, 0.25) is 0 Å². The molecule has 4 nitrogen and oxygen atoms in total. The first-order chi connectivity index (χ1) is 11.3. The van der Waals surface area contributed by atoms with Gasteiger partial charge in [-0.2, -0.15) is 0 Å². The van der Waals surface area contributed by atoms with E-state index in [9.17, 15) is 4.79 Å². The Balaban J connectivity index is 1.23. The van der Waals surface area contributed by atoms with Crippen LogP contribution in [0.1, 0.15) is 30.6 Å². The fourth-order valence-corrected chi connectivity index (χ4v) is 4.70. The maximum atomic E-state index is 12.2. The Morgan fingerprint density at radius 2 is 2.30 bits per heavy atom. The van der Waals surface area contributed by atoms with Crippen molar-refractivity contribution < 1.29 is 9.53 Å². The quantitative estimate of drug-likeness (QED) is 0.869. The van der Waals surface area contributed by atoms with Gasteiger partial charge in [0.25, 0.3) is 0 Å². The molecule has 0 unspecified atom stereocenters. The van der Waals surface area contributed by atoms with Crippen LogP contribution in [0.4, 0.5) is 0 Å². The summed E-state index contributed by atoms with van der Waals surface area (Å²) in [6, 6.07) is 4.08. The molecule has 5 heteroatoms. The Hall–Kier alpha value is -0.910. The van der Waals surface area contributed by atoms with Crippen molar-refractivity contribution in [1.29, 1.82) is 0 Å². The number of amides is 1. The van der Waals surface area contributed by atoms with Crippen LogP contribution in [-0.2, 0) is 16.1 Å². The lowest BCUT2D eigenvalue weighted by atomic mass is 9.83. The SMILES string of the molecule is O=C(C[C@@H]1OC[C@@H]2CN(CC3CC3)CC[C@@H]21)NCc1cccs1. The van der Waals surface area contributed by atoms with Crippen molar-refractivity contribution in [2.45, 2.75) is 38.3 Å². The number of nitrogens with one attached hydrogen (secondary N) is 1. The summed E-state index contributed by atoms with van der Waals surface area (Å²) in [7, 11) is 0. The monoisotopic (exact) mass is 334 g/mol. The van der Waals surface area contributed by atoms with Crippen LogP contribution >= 0.6 is 11.3 Å². The van der Waals surface area contributed by atoms with Crippen molar-refractivity contribution in [3.8, 4) is 0 Å². The number of hydrogen-bond acceptors (Lipinski definition) is 4. The molecule has 23 heavy (non-hydrogen) atoms. The fraction of sp³-hybridized carbons (Fsp3) is 0.722. The lowest BCUT2D eigenvalue weighted by Crippen LogP contribution is -2.43. The number of thiophene rings is 1. The zero-order chi connectivity index (χ0) is 15.6. The summed E-state index contributed by atoms with van der Waals surface area (Å²) in [5.41, 5.74) is 0. The molecule has 3 aliphatic rings. The van der Waals surface area contributed by atoms with E-state index >= 15 is 0 Å². The van der Waals surface area contributed by atoms with Crippen molar-refractivity contribution in [2.24, 2.45) is 17.8 Å². The summed E-state index contributed by atoms with van der Waals surface area (Å²) >= 11 is 1.68. The smallest absolute Gasteiger partial charge is 0.222 e. The van der Waals surface area contributed by atoms with E-state index in [0.29, 0.717) is 24.8 Å².